The van der Waals surface area contributed by atoms with Gasteiger partial charge in [-0.3, -0.25) is 4.90 Å². The third kappa shape index (κ3) is 2.52. The largest absolute Gasteiger partial charge is 0.399 e. The van der Waals surface area contributed by atoms with Crippen molar-refractivity contribution in [2.75, 3.05) is 18.8 Å². The Morgan fingerprint density at radius 3 is 2.67 bits per heavy atom. The highest BCUT2D eigenvalue weighted by Crippen LogP contribution is 2.36. The molecule has 0 unspecified atom stereocenters. The number of aliphatic hydroxyl groups is 1. The second-order valence-electron chi connectivity index (χ2n) is 6.46. The molecule has 18 heavy (non-hydrogen) atoms. The van der Waals surface area contributed by atoms with Crippen molar-refractivity contribution in [2.24, 2.45) is 0 Å². The summed E-state index contributed by atoms with van der Waals surface area (Å²) in [5.41, 5.74) is 8.63. The zero-order valence-corrected chi connectivity index (χ0v) is 11.8. The summed E-state index contributed by atoms with van der Waals surface area (Å²) in [6.07, 6.45) is 1.000. The van der Waals surface area contributed by atoms with Crippen molar-refractivity contribution >= 4 is 5.69 Å². The van der Waals surface area contributed by atoms with Crippen LogP contribution < -0.4 is 5.73 Å². The Hall–Kier alpha value is -1.06. The smallest absolute Gasteiger partial charge is 0.0718 e. The highest BCUT2D eigenvalue weighted by atomic mass is 16.3. The molecule has 100 valence electrons. The Morgan fingerprint density at radius 2 is 2.06 bits per heavy atom. The van der Waals surface area contributed by atoms with Crippen LogP contribution in [0.4, 0.5) is 5.69 Å². The van der Waals surface area contributed by atoms with Gasteiger partial charge in [-0.25, -0.2) is 0 Å². The number of nitrogen functional groups attached to an aromatic ring is 1. The van der Waals surface area contributed by atoms with Crippen molar-refractivity contribution in [2.45, 2.75) is 45.3 Å². The molecule has 1 aliphatic heterocycles. The zero-order chi connectivity index (χ0) is 13.6. The van der Waals surface area contributed by atoms with Gasteiger partial charge in [0.25, 0.3) is 0 Å². The number of nitrogens with zero attached hydrogens (tertiary/aromatic N) is 1. The fourth-order valence-electron chi connectivity index (χ4n) is 2.87. The Bertz CT molecular complexity index is 446. The van der Waals surface area contributed by atoms with Crippen molar-refractivity contribution in [3.05, 3.63) is 29.3 Å². The molecule has 0 aromatic heterocycles. The molecule has 0 aliphatic carbocycles. The molecular weight excluding hydrogens is 224 g/mol. The average molecular weight is 248 g/mol. The summed E-state index contributed by atoms with van der Waals surface area (Å²) in [6, 6.07) is 6.17. The minimum Gasteiger partial charge on any atom is -0.399 e. The molecule has 0 saturated heterocycles. The van der Waals surface area contributed by atoms with Gasteiger partial charge < -0.3 is 10.8 Å². The first-order valence-electron chi connectivity index (χ1n) is 6.56. The van der Waals surface area contributed by atoms with E-state index in [1.165, 1.54) is 11.1 Å². The van der Waals surface area contributed by atoms with E-state index >= 15 is 0 Å². The van der Waals surface area contributed by atoms with Crippen LogP contribution in [0.3, 0.4) is 0 Å². The second kappa shape index (κ2) is 4.25. The first-order valence-corrected chi connectivity index (χ1v) is 6.56. The summed E-state index contributed by atoms with van der Waals surface area (Å²) in [5.74, 6) is 0. The molecule has 0 fully saturated rings. The van der Waals surface area contributed by atoms with Gasteiger partial charge in [-0.15, -0.1) is 0 Å². The topological polar surface area (TPSA) is 49.5 Å². The first kappa shape index (κ1) is 13.4. The SMILES string of the molecule is CC(C)(O)CN1CCc2cc(N)ccc2C1(C)C. The maximum Gasteiger partial charge on any atom is 0.0718 e. The Kier molecular flexibility index (Phi) is 3.16. The van der Waals surface area contributed by atoms with Crippen molar-refractivity contribution in [1.82, 2.24) is 4.90 Å². The molecule has 1 aromatic rings. The lowest BCUT2D eigenvalue weighted by molar-refractivity contribution is -0.00738. The van der Waals surface area contributed by atoms with E-state index in [0.29, 0.717) is 6.54 Å². The number of β-amino-alcohol motifs (C(OH)–C–C–N with tert-alkyl or cyclic N) is 1. The van der Waals surface area contributed by atoms with Crippen LogP contribution in [0.15, 0.2) is 18.2 Å². The van der Waals surface area contributed by atoms with Gasteiger partial charge in [-0.05, 0) is 57.4 Å². The van der Waals surface area contributed by atoms with Crippen molar-refractivity contribution in [1.29, 1.82) is 0 Å². The van der Waals surface area contributed by atoms with Gasteiger partial charge in [0.2, 0.25) is 0 Å². The lowest BCUT2D eigenvalue weighted by Gasteiger charge is -2.46. The maximum absolute atomic E-state index is 10.0. The number of rotatable bonds is 2. The molecule has 3 N–H and O–H groups in total. The summed E-state index contributed by atoms with van der Waals surface area (Å²) >= 11 is 0. The lowest BCUT2D eigenvalue weighted by Crippen LogP contribution is -2.51. The Morgan fingerprint density at radius 1 is 1.39 bits per heavy atom. The third-order valence-corrected chi connectivity index (χ3v) is 3.81. The Labute approximate surface area is 110 Å². The van der Waals surface area contributed by atoms with E-state index in [1.807, 2.05) is 19.9 Å². The Balaban J connectivity index is 2.34. The van der Waals surface area contributed by atoms with E-state index in [9.17, 15) is 5.11 Å². The van der Waals surface area contributed by atoms with Gasteiger partial charge in [-0.2, -0.15) is 0 Å². The fourth-order valence-corrected chi connectivity index (χ4v) is 2.87. The molecule has 1 aromatic carbocycles. The summed E-state index contributed by atoms with van der Waals surface area (Å²) in [6.45, 7) is 9.81. The number of hydrogen-bond donors (Lipinski definition) is 2. The van der Waals surface area contributed by atoms with Crippen molar-refractivity contribution in [3.63, 3.8) is 0 Å². The lowest BCUT2D eigenvalue weighted by atomic mass is 9.82. The highest BCUT2D eigenvalue weighted by Gasteiger charge is 2.36. The molecule has 0 bridgehead atoms. The fraction of sp³-hybridized carbons (Fsp3) is 0.600. The molecule has 3 heteroatoms. The average Bonchev–Trinajstić information content (AvgIpc) is 2.20. The van der Waals surface area contributed by atoms with Crippen LogP contribution in [0, 0.1) is 0 Å². The van der Waals surface area contributed by atoms with Crippen LogP contribution >= 0.6 is 0 Å². The zero-order valence-electron chi connectivity index (χ0n) is 11.8. The van der Waals surface area contributed by atoms with E-state index in [4.69, 9.17) is 5.73 Å². The standard InChI is InChI=1S/C15H24N2O/c1-14(2,18)10-17-8-7-11-9-12(16)5-6-13(11)15(17,3)4/h5-6,9,18H,7-8,10,16H2,1-4H3. The normalized spacial score (nSPS) is 19.6. The van der Waals surface area contributed by atoms with Gasteiger partial charge in [0, 0.05) is 24.3 Å². The molecular formula is C15H24N2O. The molecule has 0 atom stereocenters. The van der Waals surface area contributed by atoms with Gasteiger partial charge in [0.1, 0.15) is 0 Å². The highest BCUT2D eigenvalue weighted by molar-refractivity contribution is 5.48. The van der Waals surface area contributed by atoms with Crippen LogP contribution in [0.5, 0.6) is 0 Å². The minimum atomic E-state index is -0.664. The van der Waals surface area contributed by atoms with Gasteiger partial charge in [0.05, 0.1) is 5.60 Å². The van der Waals surface area contributed by atoms with Gasteiger partial charge in [0.15, 0.2) is 0 Å². The third-order valence-electron chi connectivity index (χ3n) is 3.81. The first-order chi connectivity index (χ1) is 8.20. The van der Waals surface area contributed by atoms with Crippen LogP contribution in [-0.2, 0) is 12.0 Å². The van der Waals surface area contributed by atoms with E-state index in [1.54, 1.807) is 0 Å². The molecule has 0 saturated carbocycles. The minimum absolute atomic E-state index is 0.0543. The predicted octanol–water partition coefficient (Wildman–Crippen LogP) is 2.13. The van der Waals surface area contributed by atoms with Crippen LogP contribution in [0.1, 0.15) is 38.8 Å². The van der Waals surface area contributed by atoms with Gasteiger partial charge in [-0.1, -0.05) is 6.07 Å². The second-order valence-corrected chi connectivity index (χ2v) is 6.46. The summed E-state index contributed by atoms with van der Waals surface area (Å²) < 4.78 is 0. The van der Waals surface area contributed by atoms with Crippen molar-refractivity contribution < 1.29 is 5.11 Å². The number of fused-ring (bicyclic) bond motifs is 1. The van der Waals surface area contributed by atoms with Crippen LogP contribution in [0.2, 0.25) is 0 Å². The molecule has 2 rings (SSSR count). The van der Waals surface area contributed by atoms with E-state index in [2.05, 4.69) is 30.9 Å². The quantitative estimate of drug-likeness (QED) is 0.788. The summed E-state index contributed by atoms with van der Waals surface area (Å²) in [4.78, 5) is 2.35. The molecule has 0 spiro atoms. The number of benzene rings is 1. The van der Waals surface area contributed by atoms with E-state index in [-0.39, 0.29) is 5.54 Å². The van der Waals surface area contributed by atoms with Crippen LogP contribution in [0.25, 0.3) is 0 Å². The molecule has 0 radical (unpaired) electrons. The molecule has 3 nitrogen and oxygen atoms in total. The number of anilines is 1. The number of hydrogen-bond acceptors (Lipinski definition) is 3. The van der Waals surface area contributed by atoms with Crippen molar-refractivity contribution in [3.8, 4) is 0 Å². The molecule has 1 aliphatic rings. The summed E-state index contributed by atoms with van der Waals surface area (Å²) in [7, 11) is 0. The predicted molar refractivity (Wildman–Crippen MR) is 75.5 cm³/mol. The molecule has 1 heterocycles. The molecule has 0 amide bonds. The summed E-state index contributed by atoms with van der Waals surface area (Å²) in [5, 5.41) is 10.0. The van der Waals surface area contributed by atoms with E-state index in [0.717, 1.165) is 18.7 Å². The maximum atomic E-state index is 10.0. The van der Waals surface area contributed by atoms with Crippen LogP contribution in [-0.4, -0.2) is 28.7 Å². The number of nitrogens with two attached hydrogens (primary N) is 1. The van der Waals surface area contributed by atoms with Gasteiger partial charge >= 0.3 is 0 Å². The van der Waals surface area contributed by atoms with E-state index < -0.39 is 5.60 Å². The monoisotopic (exact) mass is 248 g/mol.